The zero-order valence-corrected chi connectivity index (χ0v) is 15.5. The van der Waals surface area contributed by atoms with Crippen LogP contribution in [0.2, 0.25) is 0 Å². The van der Waals surface area contributed by atoms with Crippen LogP contribution in [0.15, 0.2) is 24.3 Å². The monoisotopic (exact) mass is 352 g/mol. The van der Waals surface area contributed by atoms with E-state index in [1.807, 2.05) is 26.0 Å². The highest BCUT2D eigenvalue weighted by Gasteiger charge is 2.34. The van der Waals surface area contributed by atoms with Crippen molar-refractivity contribution in [1.82, 2.24) is 10.2 Å². The molecule has 0 saturated carbocycles. The van der Waals surface area contributed by atoms with Gasteiger partial charge in [0, 0.05) is 25.2 Å². The molecule has 0 unspecified atom stereocenters. The molecule has 0 spiro atoms. The van der Waals surface area contributed by atoms with Crippen LogP contribution in [0.1, 0.15) is 35.2 Å². The number of nitriles is 1. The second-order valence-corrected chi connectivity index (χ2v) is 6.72. The van der Waals surface area contributed by atoms with Crippen molar-refractivity contribution in [3.8, 4) is 11.8 Å². The lowest BCUT2D eigenvalue weighted by atomic mass is 9.74. The van der Waals surface area contributed by atoms with Crippen molar-refractivity contribution in [1.29, 1.82) is 5.26 Å². The van der Waals surface area contributed by atoms with Crippen molar-refractivity contribution in [3.05, 3.63) is 46.6 Å². The van der Waals surface area contributed by atoms with E-state index in [-0.39, 0.29) is 5.41 Å². The van der Waals surface area contributed by atoms with Gasteiger partial charge in [-0.15, -0.1) is 5.10 Å². The van der Waals surface area contributed by atoms with Gasteiger partial charge in [0.15, 0.2) is 5.82 Å². The Morgan fingerprint density at radius 2 is 1.88 bits per heavy atom. The number of hydrogen-bond acceptors (Lipinski definition) is 6. The zero-order valence-electron chi connectivity index (χ0n) is 15.5. The molecule has 2 heterocycles. The van der Waals surface area contributed by atoms with Gasteiger partial charge in [-0.1, -0.05) is 12.1 Å². The Labute approximate surface area is 154 Å². The van der Waals surface area contributed by atoms with Crippen LogP contribution in [0.25, 0.3) is 0 Å². The molecule has 0 atom stereocenters. The number of rotatable bonds is 5. The number of aromatic nitrogens is 2. The second-order valence-electron chi connectivity index (χ2n) is 6.72. The van der Waals surface area contributed by atoms with E-state index in [2.05, 4.69) is 33.7 Å². The largest absolute Gasteiger partial charge is 0.497 e. The molecule has 1 aromatic carbocycles. The van der Waals surface area contributed by atoms with E-state index in [4.69, 9.17) is 9.47 Å². The van der Waals surface area contributed by atoms with Crippen LogP contribution in [-0.4, -0.2) is 37.1 Å². The molecule has 0 aliphatic carbocycles. The van der Waals surface area contributed by atoms with Gasteiger partial charge in [-0.05, 0) is 49.9 Å². The van der Waals surface area contributed by atoms with E-state index in [0.717, 1.165) is 43.1 Å². The molecule has 1 aliphatic rings. The lowest BCUT2D eigenvalue weighted by Gasteiger charge is -2.38. The highest BCUT2D eigenvalue weighted by molar-refractivity contribution is 5.56. The number of methoxy groups -OCH3 is 1. The number of nitrogens with zero attached hydrogens (tertiary/aromatic N) is 3. The van der Waals surface area contributed by atoms with Crippen molar-refractivity contribution >= 4 is 5.82 Å². The highest BCUT2D eigenvalue weighted by Crippen LogP contribution is 2.36. The quantitative estimate of drug-likeness (QED) is 0.890. The summed E-state index contributed by atoms with van der Waals surface area (Å²) in [5, 5.41) is 21.3. The molecule has 1 aliphatic heterocycles. The Balaban J connectivity index is 1.88. The van der Waals surface area contributed by atoms with Crippen LogP contribution in [-0.2, 0) is 10.2 Å². The van der Waals surface area contributed by atoms with Crippen LogP contribution >= 0.6 is 0 Å². The van der Waals surface area contributed by atoms with Crippen LogP contribution < -0.4 is 10.1 Å². The summed E-state index contributed by atoms with van der Waals surface area (Å²) >= 11 is 0. The lowest BCUT2D eigenvalue weighted by Crippen LogP contribution is -2.40. The lowest BCUT2D eigenvalue weighted by molar-refractivity contribution is 0.0543. The predicted octanol–water partition coefficient (Wildman–Crippen LogP) is 3.13. The van der Waals surface area contributed by atoms with E-state index < -0.39 is 0 Å². The molecule has 3 rings (SSSR count). The molecule has 0 radical (unpaired) electrons. The normalized spacial score (nSPS) is 15.9. The third kappa shape index (κ3) is 3.49. The molecule has 1 saturated heterocycles. The second kappa shape index (κ2) is 7.71. The van der Waals surface area contributed by atoms with Gasteiger partial charge in [-0.2, -0.15) is 10.4 Å². The molecular weight excluding hydrogens is 328 g/mol. The Kier molecular flexibility index (Phi) is 5.38. The third-order valence-electron chi connectivity index (χ3n) is 5.31. The smallest absolute Gasteiger partial charge is 0.166 e. The van der Waals surface area contributed by atoms with E-state index in [1.165, 1.54) is 5.56 Å². The molecule has 6 heteroatoms. The van der Waals surface area contributed by atoms with Crippen LogP contribution in [0, 0.1) is 25.2 Å². The van der Waals surface area contributed by atoms with Crippen molar-refractivity contribution < 1.29 is 9.47 Å². The standard InChI is InChI=1S/C20H24N4O2/c1-14-15(2)23-24-19(18(14)12-21)22-13-20(8-10-26-11-9-20)16-4-6-17(25-3)7-5-16/h4-7H,8-11,13H2,1-3H3,(H,22,24). The van der Waals surface area contributed by atoms with Crippen LogP contribution in [0.3, 0.4) is 0 Å². The first-order valence-corrected chi connectivity index (χ1v) is 8.80. The van der Waals surface area contributed by atoms with E-state index >= 15 is 0 Å². The van der Waals surface area contributed by atoms with Gasteiger partial charge in [0.1, 0.15) is 17.4 Å². The Bertz CT molecular complexity index is 806. The summed E-state index contributed by atoms with van der Waals surface area (Å²) in [7, 11) is 1.67. The predicted molar refractivity (Wildman–Crippen MR) is 99.4 cm³/mol. The summed E-state index contributed by atoms with van der Waals surface area (Å²) in [5.74, 6) is 1.39. The zero-order chi connectivity index (χ0) is 18.6. The maximum atomic E-state index is 9.51. The summed E-state index contributed by atoms with van der Waals surface area (Å²) in [6.07, 6.45) is 1.82. The fourth-order valence-corrected chi connectivity index (χ4v) is 3.40. The van der Waals surface area contributed by atoms with Crippen molar-refractivity contribution in [3.63, 3.8) is 0 Å². The highest BCUT2D eigenvalue weighted by atomic mass is 16.5. The first-order chi connectivity index (χ1) is 12.6. The molecule has 1 fully saturated rings. The number of anilines is 1. The van der Waals surface area contributed by atoms with Gasteiger partial charge in [-0.25, -0.2) is 0 Å². The number of aryl methyl sites for hydroxylation is 1. The van der Waals surface area contributed by atoms with Gasteiger partial charge >= 0.3 is 0 Å². The molecule has 6 nitrogen and oxygen atoms in total. The maximum absolute atomic E-state index is 9.51. The summed E-state index contributed by atoms with van der Waals surface area (Å²) in [6, 6.07) is 10.5. The molecule has 26 heavy (non-hydrogen) atoms. The molecule has 0 amide bonds. The topological polar surface area (TPSA) is 80.1 Å². The minimum Gasteiger partial charge on any atom is -0.497 e. The number of hydrogen-bond donors (Lipinski definition) is 1. The van der Waals surface area contributed by atoms with Crippen molar-refractivity contribution in [2.75, 3.05) is 32.2 Å². The molecule has 1 aromatic heterocycles. The summed E-state index contributed by atoms with van der Waals surface area (Å²) < 4.78 is 10.9. The molecule has 0 bridgehead atoms. The molecular formula is C20H24N4O2. The van der Waals surface area contributed by atoms with Gasteiger partial charge in [0.25, 0.3) is 0 Å². The van der Waals surface area contributed by atoms with Gasteiger partial charge < -0.3 is 14.8 Å². The average molecular weight is 352 g/mol. The average Bonchev–Trinajstić information content (AvgIpc) is 2.69. The Morgan fingerprint density at radius 3 is 2.50 bits per heavy atom. The first-order valence-electron chi connectivity index (χ1n) is 8.80. The third-order valence-corrected chi connectivity index (χ3v) is 5.31. The summed E-state index contributed by atoms with van der Waals surface area (Å²) in [6.45, 7) is 5.88. The number of nitrogens with one attached hydrogen (secondary N) is 1. The minimum atomic E-state index is -0.0717. The number of benzene rings is 1. The minimum absolute atomic E-state index is 0.0717. The van der Waals surface area contributed by atoms with Gasteiger partial charge in [0.2, 0.25) is 0 Å². The Morgan fingerprint density at radius 1 is 1.19 bits per heavy atom. The van der Waals surface area contributed by atoms with Crippen molar-refractivity contribution in [2.45, 2.75) is 32.1 Å². The Hall–Kier alpha value is -2.65. The fourth-order valence-electron chi connectivity index (χ4n) is 3.40. The molecule has 136 valence electrons. The summed E-state index contributed by atoms with van der Waals surface area (Å²) in [4.78, 5) is 0. The van der Waals surface area contributed by atoms with E-state index in [0.29, 0.717) is 17.9 Å². The molecule has 2 aromatic rings. The van der Waals surface area contributed by atoms with Gasteiger partial charge in [0.05, 0.1) is 12.8 Å². The number of ether oxygens (including phenoxy) is 2. The van der Waals surface area contributed by atoms with Crippen molar-refractivity contribution in [2.24, 2.45) is 0 Å². The van der Waals surface area contributed by atoms with E-state index in [1.54, 1.807) is 7.11 Å². The van der Waals surface area contributed by atoms with Crippen LogP contribution in [0.5, 0.6) is 5.75 Å². The van der Waals surface area contributed by atoms with Crippen LogP contribution in [0.4, 0.5) is 5.82 Å². The maximum Gasteiger partial charge on any atom is 0.166 e. The van der Waals surface area contributed by atoms with E-state index in [9.17, 15) is 5.26 Å². The first kappa shape index (κ1) is 18.2. The van der Waals surface area contributed by atoms with Gasteiger partial charge in [-0.3, -0.25) is 0 Å². The molecule has 1 N–H and O–H groups in total. The summed E-state index contributed by atoms with van der Waals surface area (Å²) in [5.41, 5.74) is 3.38. The SMILES string of the molecule is COc1ccc(C2(CNc3nnc(C)c(C)c3C#N)CCOCC2)cc1. The fraction of sp³-hybridized carbons (Fsp3) is 0.450.